The Balaban J connectivity index is 1.35. The molecule has 0 aliphatic carbocycles. The molecule has 0 unspecified atom stereocenters. The lowest BCUT2D eigenvalue weighted by Gasteiger charge is -2.21. The van der Waals surface area contributed by atoms with Crippen LogP contribution in [0.2, 0.25) is 0 Å². The summed E-state index contributed by atoms with van der Waals surface area (Å²) in [6.45, 7) is 4.52. The van der Waals surface area contributed by atoms with Crippen molar-refractivity contribution >= 4 is 5.91 Å². The molecule has 29 heavy (non-hydrogen) atoms. The largest absolute Gasteiger partial charge is 0.489 e. The highest BCUT2D eigenvalue weighted by Crippen LogP contribution is 2.19. The molecule has 1 saturated heterocycles. The SMILES string of the molecule is O=C(c1occc1COc1ccccc1)N1CCCN(Cc2ccccc2)CC1. The van der Waals surface area contributed by atoms with Crippen molar-refractivity contribution < 1.29 is 13.9 Å². The number of carbonyl (C=O) groups excluding carboxylic acids is 1. The van der Waals surface area contributed by atoms with Gasteiger partial charge in [0, 0.05) is 38.3 Å². The minimum Gasteiger partial charge on any atom is -0.489 e. The molecule has 4 rings (SSSR count). The molecule has 1 fully saturated rings. The van der Waals surface area contributed by atoms with Crippen molar-refractivity contribution in [2.45, 2.75) is 19.6 Å². The molecule has 0 saturated carbocycles. The molecular formula is C24H26N2O3. The van der Waals surface area contributed by atoms with Gasteiger partial charge in [-0.15, -0.1) is 0 Å². The van der Waals surface area contributed by atoms with Gasteiger partial charge in [0.25, 0.3) is 5.91 Å². The fourth-order valence-corrected chi connectivity index (χ4v) is 3.63. The van der Waals surface area contributed by atoms with Crippen LogP contribution in [0.4, 0.5) is 0 Å². The van der Waals surface area contributed by atoms with Gasteiger partial charge in [-0.1, -0.05) is 48.5 Å². The zero-order valence-electron chi connectivity index (χ0n) is 16.5. The van der Waals surface area contributed by atoms with E-state index in [-0.39, 0.29) is 5.91 Å². The van der Waals surface area contributed by atoms with E-state index in [0.29, 0.717) is 18.9 Å². The summed E-state index contributed by atoms with van der Waals surface area (Å²) in [5.74, 6) is 1.11. The van der Waals surface area contributed by atoms with E-state index in [1.807, 2.05) is 47.4 Å². The first-order chi connectivity index (χ1) is 14.3. The first-order valence-corrected chi connectivity index (χ1v) is 10.1. The van der Waals surface area contributed by atoms with E-state index in [2.05, 4.69) is 29.2 Å². The van der Waals surface area contributed by atoms with Crippen LogP contribution in [0.1, 0.15) is 28.1 Å². The highest BCUT2D eigenvalue weighted by Gasteiger charge is 2.25. The molecular weight excluding hydrogens is 364 g/mol. The van der Waals surface area contributed by atoms with Crippen LogP contribution in [-0.4, -0.2) is 41.9 Å². The number of amides is 1. The van der Waals surface area contributed by atoms with Gasteiger partial charge in [0.15, 0.2) is 5.76 Å². The highest BCUT2D eigenvalue weighted by molar-refractivity contribution is 5.93. The maximum absolute atomic E-state index is 13.1. The number of ether oxygens (including phenoxy) is 1. The number of para-hydroxylation sites is 1. The Hall–Kier alpha value is -3.05. The molecule has 1 aromatic heterocycles. The molecule has 0 N–H and O–H groups in total. The number of rotatable bonds is 6. The molecule has 1 aliphatic heterocycles. The third-order valence-corrected chi connectivity index (χ3v) is 5.20. The quantitative estimate of drug-likeness (QED) is 0.633. The topological polar surface area (TPSA) is 45.9 Å². The molecule has 5 nitrogen and oxygen atoms in total. The van der Waals surface area contributed by atoms with Crippen LogP contribution in [0.3, 0.4) is 0 Å². The third-order valence-electron chi connectivity index (χ3n) is 5.20. The van der Waals surface area contributed by atoms with Crippen molar-refractivity contribution in [3.63, 3.8) is 0 Å². The van der Waals surface area contributed by atoms with Gasteiger partial charge < -0.3 is 14.1 Å². The molecule has 150 valence electrons. The highest BCUT2D eigenvalue weighted by atomic mass is 16.5. The fourth-order valence-electron chi connectivity index (χ4n) is 3.63. The lowest BCUT2D eigenvalue weighted by Crippen LogP contribution is -2.35. The maximum atomic E-state index is 13.1. The Morgan fingerprint density at radius 1 is 0.897 bits per heavy atom. The van der Waals surface area contributed by atoms with Crippen molar-refractivity contribution in [2.24, 2.45) is 0 Å². The Morgan fingerprint density at radius 3 is 2.45 bits per heavy atom. The van der Waals surface area contributed by atoms with Crippen molar-refractivity contribution in [2.75, 3.05) is 26.2 Å². The van der Waals surface area contributed by atoms with E-state index in [1.54, 1.807) is 6.26 Å². The lowest BCUT2D eigenvalue weighted by molar-refractivity contribution is 0.0725. The molecule has 0 radical (unpaired) electrons. The minimum absolute atomic E-state index is 0.0526. The summed E-state index contributed by atoms with van der Waals surface area (Å²) >= 11 is 0. The first kappa shape index (κ1) is 19.3. The number of nitrogens with zero attached hydrogens (tertiary/aromatic N) is 2. The summed E-state index contributed by atoms with van der Waals surface area (Å²) in [6.07, 6.45) is 2.52. The Labute approximate surface area is 171 Å². The van der Waals surface area contributed by atoms with Crippen LogP contribution >= 0.6 is 0 Å². The summed E-state index contributed by atoms with van der Waals surface area (Å²) in [5.41, 5.74) is 2.09. The summed E-state index contributed by atoms with van der Waals surface area (Å²) < 4.78 is 11.3. The van der Waals surface area contributed by atoms with Crippen molar-refractivity contribution in [3.8, 4) is 5.75 Å². The second kappa shape index (κ2) is 9.43. The van der Waals surface area contributed by atoms with Crippen LogP contribution < -0.4 is 4.74 Å². The number of furan rings is 1. The van der Waals surface area contributed by atoms with Crippen molar-refractivity contribution in [1.82, 2.24) is 9.80 Å². The van der Waals surface area contributed by atoms with Crippen molar-refractivity contribution in [3.05, 3.63) is 89.9 Å². The van der Waals surface area contributed by atoms with Crippen LogP contribution in [0.5, 0.6) is 5.75 Å². The van der Waals surface area contributed by atoms with Gasteiger partial charge in [-0.05, 0) is 30.2 Å². The van der Waals surface area contributed by atoms with Gasteiger partial charge in [-0.3, -0.25) is 9.69 Å². The minimum atomic E-state index is -0.0526. The standard InChI is InChI=1S/C24H26N2O3/c27-24(23-21(12-17-28-23)19-29-22-10-5-2-6-11-22)26-14-7-13-25(15-16-26)18-20-8-3-1-4-9-20/h1-6,8-12,17H,7,13-16,18-19H2. The normalized spacial score (nSPS) is 15.1. The second-order valence-electron chi connectivity index (χ2n) is 7.28. The van der Waals surface area contributed by atoms with E-state index < -0.39 is 0 Å². The molecule has 2 aromatic carbocycles. The zero-order chi connectivity index (χ0) is 19.9. The lowest BCUT2D eigenvalue weighted by atomic mass is 10.2. The average molecular weight is 390 g/mol. The van der Waals surface area contributed by atoms with Gasteiger partial charge in [0.2, 0.25) is 0 Å². The molecule has 0 spiro atoms. The molecule has 1 amide bonds. The predicted molar refractivity (Wildman–Crippen MR) is 112 cm³/mol. The van der Waals surface area contributed by atoms with Crippen LogP contribution in [0, 0.1) is 0 Å². The molecule has 2 heterocycles. The van der Waals surface area contributed by atoms with Gasteiger partial charge in [0.05, 0.1) is 6.26 Å². The number of hydrogen-bond donors (Lipinski definition) is 0. The first-order valence-electron chi connectivity index (χ1n) is 10.1. The molecule has 0 bridgehead atoms. The average Bonchev–Trinajstić information content (AvgIpc) is 3.12. The summed E-state index contributed by atoms with van der Waals surface area (Å²) in [5, 5.41) is 0. The zero-order valence-corrected chi connectivity index (χ0v) is 16.5. The van der Waals surface area contributed by atoms with Crippen LogP contribution in [-0.2, 0) is 13.2 Å². The molecule has 0 atom stereocenters. The summed E-state index contributed by atoms with van der Waals surface area (Å²) in [6, 6.07) is 21.9. The Bertz CT molecular complexity index is 908. The second-order valence-corrected chi connectivity index (χ2v) is 7.28. The monoisotopic (exact) mass is 390 g/mol. The molecule has 3 aromatic rings. The van der Waals surface area contributed by atoms with Gasteiger partial charge in [-0.2, -0.15) is 0 Å². The van der Waals surface area contributed by atoms with E-state index in [9.17, 15) is 4.79 Å². The van der Waals surface area contributed by atoms with E-state index in [4.69, 9.17) is 9.15 Å². The number of carbonyl (C=O) groups is 1. The number of hydrogen-bond acceptors (Lipinski definition) is 4. The smallest absolute Gasteiger partial charge is 0.290 e. The number of benzene rings is 2. The fraction of sp³-hybridized carbons (Fsp3) is 0.292. The van der Waals surface area contributed by atoms with Gasteiger partial charge in [0.1, 0.15) is 12.4 Å². The van der Waals surface area contributed by atoms with Gasteiger partial charge in [-0.25, -0.2) is 0 Å². The van der Waals surface area contributed by atoms with Crippen LogP contribution in [0.25, 0.3) is 0 Å². The predicted octanol–water partition coefficient (Wildman–Crippen LogP) is 4.21. The summed E-state index contributed by atoms with van der Waals surface area (Å²) in [4.78, 5) is 17.4. The van der Waals surface area contributed by atoms with E-state index >= 15 is 0 Å². The van der Waals surface area contributed by atoms with Crippen LogP contribution in [0.15, 0.2) is 77.4 Å². The summed E-state index contributed by atoms with van der Waals surface area (Å²) in [7, 11) is 0. The Morgan fingerprint density at radius 2 is 1.66 bits per heavy atom. The van der Waals surface area contributed by atoms with E-state index in [0.717, 1.165) is 43.9 Å². The maximum Gasteiger partial charge on any atom is 0.290 e. The molecule has 5 heteroatoms. The Kier molecular flexibility index (Phi) is 6.27. The third kappa shape index (κ3) is 5.06. The van der Waals surface area contributed by atoms with Gasteiger partial charge >= 0.3 is 0 Å². The van der Waals surface area contributed by atoms with Crippen molar-refractivity contribution in [1.29, 1.82) is 0 Å². The molecule has 1 aliphatic rings. The van der Waals surface area contributed by atoms with E-state index in [1.165, 1.54) is 5.56 Å².